The van der Waals surface area contributed by atoms with Gasteiger partial charge in [-0.25, -0.2) is 0 Å². The highest BCUT2D eigenvalue weighted by molar-refractivity contribution is 8.00. The minimum absolute atomic E-state index is 0.0215. The number of hydrazone groups is 1. The largest absolute Gasteiger partial charge is 0.493 e. The molecule has 0 saturated heterocycles. The van der Waals surface area contributed by atoms with Crippen molar-refractivity contribution in [2.45, 2.75) is 23.5 Å². The van der Waals surface area contributed by atoms with E-state index >= 15 is 0 Å². The maximum absolute atomic E-state index is 13.7. The van der Waals surface area contributed by atoms with Crippen molar-refractivity contribution >= 4 is 58.7 Å². The number of nitrogens with zero attached hydrogens (tertiary/aromatic N) is 2. The zero-order valence-corrected chi connectivity index (χ0v) is 28.6. The minimum Gasteiger partial charge on any atom is -0.493 e. The number of benzene rings is 4. The molecule has 0 radical (unpaired) electrons. The zero-order chi connectivity index (χ0) is 35.6. The van der Waals surface area contributed by atoms with E-state index in [1.165, 1.54) is 44.2 Å². The number of amides is 4. The lowest BCUT2D eigenvalue weighted by molar-refractivity contribution is -0.119. The van der Waals surface area contributed by atoms with Crippen molar-refractivity contribution in [3.63, 3.8) is 0 Å². The predicted molar refractivity (Wildman–Crippen MR) is 192 cm³/mol. The maximum atomic E-state index is 13.7. The van der Waals surface area contributed by atoms with Crippen LogP contribution in [0.5, 0.6) is 17.2 Å². The van der Waals surface area contributed by atoms with Crippen LogP contribution in [0.15, 0.2) is 113 Å². The Balaban J connectivity index is 1.31. The molecule has 4 aromatic rings. The van der Waals surface area contributed by atoms with Crippen LogP contribution in [0.1, 0.15) is 29.3 Å². The Bertz CT molecular complexity index is 1930. The third-order valence-corrected chi connectivity index (χ3v) is 8.44. The van der Waals surface area contributed by atoms with Crippen molar-refractivity contribution in [3.8, 4) is 17.2 Å². The summed E-state index contributed by atoms with van der Waals surface area (Å²) in [5.41, 5.74) is 1.87. The predicted octanol–water partition coefficient (Wildman–Crippen LogP) is 5.47. The second-order valence-corrected chi connectivity index (χ2v) is 12.2. The van der Waals surface area contributed by atoms with Crippen LogP contribution in [-0.2, 0) is 14.4 Å². The number of ether oxygens (including phenoxy) is 3. The molecular weight excluding hydrogens is 659 g/mol. The molecule has 12 nitrogen and oxygen atoms in total. The third-order valence-electron chi connectivity index (χ3n) is 7.34. The molecule has 4 aromatic carbocycles. The molecule has 1 heterocycles. The van der Waals surface area contributed by atoms with Gasteiger partial charge in [-0.3, -0.25) is 19.2 Å². The average molecular weight is 694 g/mol. The first-order valence-corrected chi connectivity index (χ1v) is 16.3. The monoisotopic (exact) mass is 693 g/mol. The Hall–Kier alpha value is -6.08. The van der Waals surface area contributed by atoms with Crippen LogP contribution >= 0.6 is 11.8 Å². The molecule has 3 N–H and O–H groups in total. The fourth-order valence-electron chi connectivity index (χ4n) is 4.91. The quantitative estimate of drug-likeness (QED) is 0.131. The molecular formula is C37H35N5O7S. The van der Waals surface area contributed by atoms with Gasteiger partial charge >= 0.3 is 0 Å². The van der Waals surface area contributed by atoms with Crippen molar-refractivity contribution in [1.82, 2.24) is 10.6 Å². The summed E-state index contributed by atoms with van der Waals surface area (Å²) in [6.45, 7) is 1.73. The van der Waals surface area contributed by atoms with Gasteiger partial charge in [0, 0.05) is 16.1 Å². The van der Waals surface area contributed by atoms with Crippen molar-refractivity contribution in [2.75, 3.05) is 31.7 Å². The topological polar surface area (TPSA) is 148 Å². The summed E-state index contributed by atoms with van der Waals surface area (Å²) in [6, 6.07) is 27.7. The molecule has 0 bridgehead atoms. The highest BCUT2D eigenvalue weighted by atomic mass is 32.2. The van der Waals surface area contributed by atoms with Crippen LogP contribution in [0.2, 0.25) is 0 Å². The molecule has 0 aliphatic carbocycles. The fourth-order valence-corrected chi connectivity index (χ4v) is 5.84. The number of rotatable bonds is 12. The summed E-state index contributed by atoms with van der Waals surface area (Å²) < 4.78 is 16.3. The first kappa shape index (κ1) is 35.2. The molecule has 13 heteroatoms. The highest BCUT2D eigenvalue weighted by Crippen LogP contribution is 2.38. The number of anilines is 2. The number of hydrogen-bond acceptors (Lipinski definition) is 9. The molecule has 1 aliphatic rings. The van der Waals surface area contributed by atoms with Crippen LogP contribution in [-0.4, -0.2) is 56.0 Å². The lowest BCUT2D eigenvalue weighted by atomic mass is 10.1. The fraction of sp³-hybridized carbons (Fsp3) is 0.162. The Morgan fingerprint density at radius 2 is 1.50 bits per heavy atom. The molecule has 0 saturated carbocycles. The molecule has 5 rings (SSSR count). The standard InChI is InChI=1S/C37H35N5O7S/c1-23(35(44)40-32-22-33(43)42(41-32)27-15-9-6-10-16-27)50-28-17-11-14-26(21-28)38-37(46)29(39-36(45)25-12-7-5-8-13-25)18-24-19-30(47-2)34(49-4)31(20-24)48-3/h5-21,23H,22H2,1-4H3,(H,38,46)(H,39,45)(H,40,41,44)/b29-18+. The van der Waals surface area contributed by atoms with Gasteiger partial charge in [-0.15, -0.1) is 11.8 Å². The van der Waals surface area contributed by atoms with Gasteiger partial charge in [0.25, 0.3) is 17.7 Å². The summed E-state index contributed by atoms with van der Waals surface area (Å²) in [4.78, 5) is 53.1. The molecule has 256 valence electrons. The van der Waals surface area contributed by atoms with E-state index in [4.69, 9.17) is 14.2 Å². The number of methoxy groups -OCH3 is 3. The number of carbonyl (C=O) groups is 4. The second kappa shape index (κ2) is 16.3. The van der Waals surface area contributed by atoms with E-state index < -0.39 is 17.1 Å². The van der Waals surface area contributed by atoms with Crippen LogP contribution < -0.4 is 35.2 Å². The van der Waals surface area contributed by atoms with Crippen molar-refractivity contribution < 1.29 is 33.4 Å². The van der Waals surface area contributed by atoms with Gasteiger partial charge in [-0.1, -0.05) is 42.5 Å². The number of hydrogen-bond donors (Lipinski definition) is 3. The van der Waals surface area contributed by atoms with E-state index in [0.717, 1.165) is 0 Å². The highest BCUT2D eigenvalue weighted by Gasteiger charge is 2.28. The first-order valence-electron chi connectivity index (χ1n) is 15.4. The van der Waals surface area contributed by atoms with Gasteiger partial charge in [0.05, 0.1) is 38.7 Å². The summed E-state index contributed by atoms with van der Waals surface area (Å²) >= 11 is 1.26. The Kier molecular flexibility index (Phi) is 11.5. The maximum Gasteiger partial charge on any atom is 0.272 e. The van der Waals surface area contributed by atoms with Gasteiger partial charge in [0.15, 0.2) is 11.5 Å². The molecule has 0 aromatic heterocycles. The van der Waals surface area contributed by atoms with Crippen molar-refractivity contribution in [2.24, 2.45) is 5.10 Å². The number of thioether (sulfide) groups is 1. The van der Waals surface area contributed by atoms with E-state index in [9.17, 15) is 19.2 Å². The number of carbonyl (C=O) groups excluding carboxylic acids is 4. The molecule has 1 aliphatic heterocycles. The number of amidine groups is 1. The lowest BCUT2D eigenvalue weighted by Crippen LogP contribution is -2.35. The summed E-state index contributed by atoms with van der Waals surface area (Å²) in [5, 5.41) is 13.3. The number of para-hydroxylation sites is 1. The van der Waals surface area contributed by atoms with E-state index in [1.807, 2.05) is 12.1 Å². The second-order valence-electron chi connectivity index (χ2n) is 10.8. The Labute approximate surface area is 293 Å². The van der Waals surface area contributed by atoms with E-state index in [2.05, 4.69) is 21.1 Å². The van der Waals surface area contributed by atoms with Gasteiger partial charge in [-0.05, 0) is 73.2 Å². The van der Waals surface area contributed by atoms with Crippen molar-refractivity contribution in [1.29, 1.82) is 0 Å². The zero-order valence-electron chi connectivity index (χ0n) is 27.8. The average Bonchev–Trinajstić information content (AvgIpc) is 3.50. The van der Waals surface area contributed by atoms with Gasteiger partial charge in [-0.2, -0.15) is 10.1 Å². The minimum atomic E-state index is -0.595. The first-order chi connectivity index (χ1) is 24.2. The molecule has 1 atom stereocenters. The van der Waals surface area contributed by atoms with E-state index in [0.29, 0.717) is 44.6 Å². The SMILES string of the molecule is COc1cc(/C=C(/NC(=O)c2ccccc2)C(=O)Nc2cccc(SC(C)C(=O)NC3=NN(c4ccccc4)C(=O)C3)c2)cc(OC)c1OC. The van der Waals surface area contributed by atoms with Gasteiger partial charge < -0.3 is 30.2 Å². The van der Waals surface area contributed by atoms with Crippen LogP contribution in [0.3, 0.4) is 0 Å². The smallest absolute Gasteiger partial charge is 0.272 e. The van der Waals surface area contributed by atoms with Gasteiger partial charge in [0.1, 0.15) is 11.5 Å². The normalized spacial score (nSPS) is 13.2. The molecule has 4 amide bonds. The van der Waals surface area contributed by atoms with Crippen molar-refractivity contribution in [3.05, 3.63) is 114 Å². The Morgan fingerprint density at radius 3 is 2.14 bits per heavy atom. The third kappa shape index (κ3) is 8.68. The van der Waals surface area contributed by atoms with E-state index in [1.54, 1.807) is 91.9 Å². The Morgan fingerprint density at radius 1 is 0.840 bits per heavy atom. The molecule has 0 fully saturated rings. The molecule has 1 unspecified atom stereocenters. The van der Waals surface area contributed by atoms with Crippen LogP contribution in [0.25, 0.3) is 6.08 Å². The molecule has 50 heavy (non-hydrogen) atoms. The van der Waals surface area contributed by atoms with E-state index in [-0.39, 0.29) is 29.8 Å². The number of nitrogens with one attached hydrogen (secondary N) is 3. The van der Waals surface area contributed by atoms with Crippen LogP contribution in [0.4, 0.5) is 11.4 Å². The summed E-state index contributed by atoms with van der Waals surface area (Å²) in [7, 11) is 4.45. The van der Waals surface area contributed by atoms with Gasteiger partial charge in [0.2, 0.25) is 11.7 Å². The summed E-state index contributed by atoms with van der Waals surface area (Å²) in [5.74, 6) is -0.264. The lowest BCUT2D eigenvalue weighted by Gasteiger charge is -2.15. The van der Waals surface area contributed by atoms with Crippen LogP contribution in [0, 0.1) is 0 Å². The summed E-state index contributed by atoms with van der Waals surface area (Å²) in [6.07, 6.45) is 1.48. The molecule has 0 spiro atoms.